The predicted octanol–water partition coefficient (Wildman–Crippen LogP) is 3.65. The van der Waals surface area contributed by atoms with Gasteiger partial charge >= 0.3 is 0 Å². The fourth-order valence-corrected chi connectivity index (χ4v) is 3.27. The highest BCUT2D eigenvalue weighted by atomic mass is 79.9. The van der Waals surface area contributed by atoms with Crippen LogP contribution in [-0.2, 0) is 13.0 Å². The van der Waals surface area contributed by atoms with Gasteiger partial charge in [0.15, 0.2) is 0 Å². The zero-order valence-electron chi connectivity index (χ0n) is 9.93. The molecule has 0 amide bonds. The van der Waals surface area contributed by atoms with Crippen LogP contribution in [0, 0.1) is 0 Å². The number of rotatable bonds is 5. The number of hydrogen-bond donors (Lipinski definition) is 1. The minimum Gasteiger partial charge on any atom is -0.493 e. The molecular formula is C13H17Br2NO. The SMILES string of the molecule is CC(CCBr)NCc1cc(Br)cc2c1OCC2. The predicted molar refractivity (Wildman–Crippen MR) is 78.1 cm³/mol. The van der Waals surface area contributed by atoms with Crippen LogP contribution in [-0.4, -0.2) is 18.0 Å². The molecule has 4 heteroatoms. The second-order valence-corrected chi connectivity index (χ2v) is 6.12. The van der Waals surface area contributed by atoms with Crippen LogP contribution in [0.5, 0.6) is 5.75 Å². The molecule has 0 saturated heterocycles. The first-order valence-corrected chi connectivity index (χ1v) is 7.85. The van der Waals surface area contributed by atoms with Gasteiger partial charge in [-0.25, -0.2) is 0 Å². The van der Waals surface area contributed by atoms with E-state index in [1.165, 1.54) is 11.1 Å². The van der Waals surface area contributed by atoms with Crippen molar-refractivity contribution >= 4 is 31.9 Å². The van der Waals surface area contributed by atoms with Crippen molar-refractivity contribution in [3.05, 3.63) is 27.7 Å². The number of nitrogens with one attached hydrogen (secondary N) is 1. The second kappa shape index (κ2) is 6.21. The summed E-state index contributed by atoms with van der Waals surface area (Å²) in [5.74, 6) is 1.09. The molecular weight excluding hydrogens is 346 g/mol. The molecule has 1 heterocycles. The van der Waals surface area contributed by atoms with E-state index >= 15 is 0 Å². The summed E-state index contributed by atoms with van der Waals surface area (Å²) in [7, 11) is 0. The topological polar surface area (TPSA) is 21.3 Å². The quantitative estimate of drug-likeness (QED) is 0.807. The van der Waals surface area contributed by atoms with Crippen molar-refractivity contribution in [2.75, 3.05) is 11.9 Å². The third-order valence-corrected chi connectivity index (χ3v) is 3.92. The van der Waals surface area contributed by atoms with Gasteiger partial charge in [0.05, 0.1) is 6.61 Å². The van der Waals surface area contributed by atoms with E-state index in [0.29, 0.717) is 6.04 Å². The van der Waals surface area contributed by atoms with Crippen molar-refractivity contribution in [1.82, 2.24) is 5.32 Å². The molecule has 0 radical (unpaired) electrons. The van der Waals surface area contributed by atoms with Gasteiger partial charge in [-0.3, -0.25) is 0 Å². The Morgan fingerprint density at radius 1 is 1.47 bits per heavy atom. The Hall–Kier alpha value is -0.0600. The average molecular weight is 363 g/mol. The lowest BCUT2D eigenvalue weighted by Crippen LogP contribution is -2.25. The molecule has 94 valence electrons. The normalized spacial score (nSPS) is 15.5. The van der Waals surface area contributed by atoms with Gasteiger partial charge in [0.2, 0.25) is 0 Å². The Kier molecular flexibility index (Phi) is 4.88. The van der Waals surface area contributed by atoms with Gasteiger partial charge in [0, 0.05) is 34.4 Å². The Bertz CT molecular complexity index is 395. The van der Waals surface area contributed by atoms with Crippen LogP contribution in [0.15, 0.2) is 16.6 Å². The fraction of sp³-hybridized carbons (Fsp3) is 0.538. The van der Waals surface area contributed by atoms with Crippen LogP contribution in [0.3, 0.4) is 0 Å². The zero-order valence-corrected chi connectivity index (χ0v) is 13.1. The monoisotopic (exact) mass is 361 g/mol. The molecule has 1 aliphatic rings. The molecule has 1 aromatic carbocycles. The third-order valence-electron chi connectivity index (χ3n) is 3.01. The first kappa shape index (κ1) is 13.4. The summed E-state index contributed by atoms with van der Waals surface area (Å²) in [6.07, 6.45) is 2.16. The van der Waals surface area contributed by atoms with Crippen molar-refractivity contribution in [1.29, 1.82) is 0 Å². The molecule has 17 heavy (non-hydrogen) atoms. The zero-order chi connectivity index (χ0) is 12.3. The summed E-state index contributed by atoms with van der Waals surface area (Å²) in [5.41, 5.74) is 2.58. The summed E-state index contributed by atoms with van der Waals surface area (Å²) in [6, 6.07) is 4.83. The summed E-state index contributed by atoms with van der Waals surface area (Å²) < 4.78 is 6.85. The highest BCUT2D eigenvalue weighted by molar-refractivity contribution is 9.10. The molecule has 0 aromatic heterocycles. The highest BCUT2D eigenvalue weighted by Crippen LogP contribution is 2.32. The van der Waals surface area contributed by atoms with E-state index < -0.39 is 0 Å². The summed E-state index contributed by atoms with van der Waals surface area (Å²) in [4.78, 5) is 0. The van der Waals surface area contributed by atoms with Gasteiger partial charge in [0.1, 0.15) is 5.75 Å². The van der Waals surface area contributed by atoms with Gasteiger partial charge in [-0.2, -0.15) is 0 Å². The first-order valence-electron chi connectivity index (χ1n) is 5.94. The summed E-state index contributed by atoms with van der Waals surface area (Å²) in [5, 5.41) is 4.56. The van der Waals surface area contributed by atoms with Crippen LogP contribution < -0.4 is 10.1 Å². The van der Waals surface area contributed by atoms with Crippen molar-refractivity contribution in [3.63, 3.8) is 0 Å². The Morgan fingerprint density at radius 3 is 3.06 bits per heavy atom. The fourth-order valence-electron chi connectivity index (χ4n) is 2.03. The van der Waals surface area contributed by atoms with Crippen LogP contribution >= 0.6 is 31.9 Å². The van der Waals surface area contributed by atoms with E-state index in [0.717, 1.165) is 41.5 Å². The standard InChI is InChI=1S/C13H17Br2NO/c1-9(2-4-14)16-8-11-7-12(15)6-10-3-5-17-13(10)11/h6-7,9,16H,2-5,8H2,1H3. The molecule has 1 atom stereocenters. The van der Waals surface area contributed by atoms with E-state index in [1.54, 1.807) is 0 Å². The van der Waals surface area contributed by atoms with Crippen LogP contribution in [0.2, 0.25) is 0 Å². The van der Waals surface area contributed by atoms with E-state index in [4.69, 9.17) is 4.74 Å². The lowest BCUT2D eigenvalue weighted by Gasteiger charge is -2.14. The molecule has 0 saturated carbocycles. The molecule has 1 aromatic rings. The van der Waals surface area contributed by atoms with E-state index in [-0.39, 0.29) is 0 Å². The van der Waals surface area contributed by atoms with Gasteiger partial charge in [-0.05, 0) is 31.0 Å². The Morgan fingerprint density at radius 2 is 2.29 bits per heavy atom. The van der Waals surface area contributed by atoms with Gasteiger partial charge in [-0.15, -0.1) is 0 Å². The lowest BCUT2D eigenvalue weighted by molar-refractivity contribution is 0.351. The van der Waals surface area contributed by atoms with Crippen molar-refractivity contribution in [2.45, 2.75) is 32.4 Å². The maximum Gasteiger partial charge on any atom is 0.127 e. The maximum absolute atomic E-state index is 5.71. The minimum atomic E-state index is 0.519. The van der Waals surface area contributed by atoms with Gasteiger partial charge < -0.3 is 10.1 Å². The molecule has 1 unspecified atom stereocenters. The van der Waals surface area contributed by atoms with Crippen molar-refractivity contribution < 1.29 is 4.74 Å². The largest absolute Gasteiger partial charge is 0.493 e. The smallest absolute Gasteiger partial charge is 0.127 e. The van der Waals surface area contributed by atoms with Crippen molar-refractivity contribution in [2.24, 2.45) is 0 Å². The molecule has 0 fully saturated rings. The van der Waals surface area contributed by atoms with E-state index in [9.17, 15) is 0 Å². The first-order chi connectivity index (χ1) is 8.20. The Labute approximate surface area is 119 Å². The summed E-state index contributed by atoms with van der Waals surface area (Å²) in [6.45, 7) is 3.89. The average Bonchev–Trinajstić information content (AvgIpc) is 2.74. The molecule has 0 spiro atoms. The number of alkyl halides is 1. The molecule has 2 nitrogen and oxygen atoms in total. The number of ether oxygens (including phenoxy) is 1. The number of halogens is 2. The van der Waals surface area contributed by atoms with E-state index in [1.807, 2.05) is 0 Å². The third kappa shape index (κ3) is 3.46. The maximum atomic E-state index is 5.71. The van der Waals surface area contributed by atoms with Crippen LogP contribution in [0.4, 0.5) is 0 Å². The van der Waals surface area contributed by atoms with Crippen LogP contribution in [0.25, 0.3) is 0 Å². The Balaban J connectivity index is 2.05. The molecule has 1 N–H and O–H groups in total. The van der Waals surface area contributed by atoms with Crippen LogP contribution in [0.1, 0.15) is 24.5 Å². The molecule has 1 aliphatic heterocycles. The van der Waals surface area contributed by atoms with Gasteiger partial charge in [0.25, 0.3) is 0 Å². The van der Waals surface area contributed by atoms with Gasteiger partial charge in [-0.1, -0.05) is 31.9 Å². The number of hydrogen-bond acceptors (Lipinski definition) is 2. The second-order valence-electron chi connectivity index (χ2n) is 4.41. The lowest BCUT2D eigenvalue weighted by atomic mass is 10.1. The number of fused-ring (bicyclic) bond motifs is 1. The van der Waals surface area contributed by atoms with Crippen molar-refractivity contribution in [3.8, 4) is 5.75 Å². The molecule has 0 aliphatic carbocycles. The number of benzene rings is 1. The molecule has 2 rings (SSSR count). The van der Waals surface area contributed by atoms with E-state index in [2.05, 4.69) is 56.2 Å². The molecule has 0 bridgehead atoms. The summed E-state index contributed by atoms with van der Waals surface area (Å²) >= 11 is 7.03. The highest BCUT2D eigenvalue weighted by Gasteiger charge is 2.17. The minimum absolute atomic E-state index is 0.519.